The van der Waals surface area contributed by atoms with Gasteiger partial charge in [0.2, 0.25) is 0 Å². The predicted molar refractivity (Wildman–Crippen MR) is 80.8 cm³/mol. The number of aromatic nitrogens is 1. The van der Waals surface area contributed by atoms with Gasteiger partial charge in [-0.05, 0) is 18.6 Å². The van der Waals surface area contributed by atoms with Crippen LogP contribution in [0.5, 0.6) is 0 Å². The van der Waals surface area contributed by atoms with Gasteiger partial charge in [-0.3, -0.25) is 9.59 Å². The zero-order valence-corrected chi connectivity index (χ0v) is 12.3. The molecule has 1 amide bonds. The van der Waals surface area contributed by atoms with Gasteiger partial charge >= 0.3 is 5.97 Å². The van der Waals surface area contributed by atoms with Crippen LogP contribution in [0.25, 0.3) is 0 Å². The minimum absolute atomic E-state index is 0.196. The number of esters is 1. The van der Waals surface area contributed by atoms with Crippen LogP contribution in [-0.4, -0.2) is 24.0 Å². The second-order valence-electron chi connectivity index (χ2n) is 4.71. The Kier molecular flexibility index (Phi) is 4.73. The molecule has 1 heterocycles. The standard InChI is InChI=1S/C16H16N2O4/c1-10-12(8-13(15(20)18-10)16(21)22-2)14(19)17-9-11-6-4-3-5-7-11/h3-8H,9H2,1-2H3,(H,17,19)(H,18,20). The molecule has 0 bridgehead atoms. The molecule has 114 valence electrons. The van der Waals surface area contributed by atoms with E-state index >= 15 is 0 Å². The van der Waals surface area contributed by atoms with Gasteiger partial charge in [-0.2, -0.15) is 0 Å². The van der Waals surface area contributed by atoms with Gasteiger partial charge in [0, 0.05) is 12.2 Å². The number of carbonyl (C=O) groups is 2. The molecule has 0 spiro atoms. The SMILES string of the molecule is COC(=O)c1cc(C(=O)NCc2ccccc2)c(C)[nH]c1=O. The van der Waals surface area contributed by atoms with Crippen molar-refractivity contribution in [2.45, 2.75) is 13.5 Å². The van der Waals surface area contributed by atoms with E-state index in [0.29, 0.717) is 12.2 Å². The average molecular weight is 300 g/mol. The molecule has 0 aliphatic heterocycles. The number of nitrogens with one attached hydrogen (secondary N) is 2. The molecule has 6 nitrogen and oxygen atoms in total. The highest BCUT2D eigenvalue weighted by Gasteiger charge is 2.17. The topological polar surface area (TPSA) is 88.3 Å². The third-order valence-electron chi connectivity index (χ3n) is 3.18. The molecular formula is C16H16N2O4. The van der Waals surface area contributed by atoms with E-state index in [1.54, 1.807) is 6.92 Å². The fraction of sp³-hybridized carbons (Fsp3) is 0.188. The van der Waals surface area contributed by atoms with Crippen molar-refractivity contribution < 1.29 is 14.3 Å². The Morgan fingerprint density at radius 3 is 2.50 bits per heavy atom. The van der Waals surface area contributed by atoms with Crippen LogP contribution in [-0.2, 0) is 11.3 Å². The van der Waals surface area contributed by atoms with Crippen LogP contribution in [0.1, 0.15) is 32.0 Å². The number of aromatic amines is 1. The summed E-state index contributed by atoms with van der Waals surface area (Å²) in [5, 5.41) is 2.75. The molecule has 22 heavy (non-hydrogen) atoms. The summed E-state index contributed by atoms with van der Waals surface area (Å²) < 4.78 is 4.53. The van der Waals surface area contributed by atoms with Crippen molar-refractivity contribution in [2.75, 3.05) is 7.11 Å². The van der Waals surface area contributed by atoms with E-state index in [0.717, 1.165) is 5.56 Å². The summed E-state index contributed by atoms with van der Waals surface area (Å²) in [6, 6.07) is 10.7. The summed E-state index contributed by atoms with van der Waals surface area (Å²) in [4.78, 5) is 37.9. The third kappa shape index (κ3) is 3.41. The fourth-order valence-electron chi connectivity index (χ4n) is 1.99. The van der Waals surface area contributed by atoms with Crippen molar-refractivity contribution in [3.8, 4) is 0 Å². The number of ether oxygens (including phenoxy) is 1. The molecule has 0 fully saturated rings. The van der Waals surface area contributed by atoms with Crippen molar-refractivity contribution in [1.82, 2.24) is 10.3 Å². The van der Waals surface area contributed by atoms with Gasteiger partial charge in [0.25, 0.3) is 11.5 Å². The molecule has 0 saturated heterocycles. The summed E-state index contributed by atoms with van der Waals surface area (Å²) in [6.45, 7) is 1.95. The Hall–Kier alpha value is -2.89. The lowest BCUT2D eigenvalue weighted by Crippen LogP contribution is -2.28. The number of carbonyl (C=O) groups excluding carboxylic acids is 2. The monoisotopic (exact) mass is 300 g/mol. The minimum Gasteiger partial charge on any atom is -0.465 e. The van der Waals surface area contributed by atoms with E-state index in [1.165, 1.54) is 13.2 Å². The lowest BCUT2D eigenvalue weighted by molar-refractivity contribution is 0.0598. The second-order valence-corrected chi connectivity index (χ2v) is 4.71. The maximum atomic E-state index is 12.2. The molecule has 6 heteroatoms. The molecule has 0 unspecified atom stereocenters. The van der Waals surface area contributed by atoms with E-state index in [1.807, 2.05) is 30.3 Å². The van der Waals surface area contributed by atoms with E-state index in [4.69, 9.17) is 0 Å². The Balaban J connectivity index is 2.22. The van der Waals surface area contributed by atoms with Gasteiger partial charge in [-0.1, -0.05) is 30.3 Å². The number of rotatable bonds is 4. The van der Waals surface area contributed by atoms with Crippen LogP contribution in [0.2, 0.25) is 0 Å². The molecule has 0 aliphatic carbocycles. The van der Waals surface area contributed by atoms with Crippen molar-refractivity contribution >= 4 is 11.9 Å². The number of hydrogen-bond donors (Lipinski definition) is 2. The number of benzene rings is 1. The van der Waals surface area contributed by atoms with Gasteiger partial charge in [-0.25, -0.2) is 4.79 Å². The van der Waals surface area contributed by atoms with E-state index in [9.17, 15) is 14.4 Å². The van der Waals surface area contributed by atoms with Gasteiger partial charge in [-0.15, -0.1) is 0 Å². The maximum absolute atomic E-state index is 12.2. The van der Waals surface area contributed by atoms with Crippen LogP contribution in [0.4, 0.5) is 0 Å². The Morgan fingerprint density at radius 2 is 1.86 bits per heavy atom. The van der Waals surface area contributed by atoms with E-state index in [2.05, 4.69) is 15.0 Å². The summed E-state index contributed by atoms with van der Waals surface area (Å²) in [5.41, 5.74) is 0.798. The quantitative estimate of drug-likeness (QED) is 0.835. The first-order valence-corrected chi connectivity index (χ1v) is 6.67. The zero-order chi connectivity index (χ0) is 16.1. The minimum atomic E-state index is -0.779. The second kappa shape index (κ2) is 6.71. The van der Waals surface area contributed by atoms with Gasteiger partial charge in [0.05, 0.1) is 12.7 Å². The molecule has 1 aromatic carbocycles. The molecular weight excluding hydrogens is 284 g/mol. The number of hydrogen-bond acceptors (Lipinski definition) is 4. The molecule has 2 N–H and O–H groups in total. The highest BCUT2D eigenvalue weighted by molar-refractivity contribution is 5.98. The normalized spacial score (nSPS) is 10.1. The predicted octanol–water partition coefficient (Wildman–Crippen LogP) is 1.40. The Labute approximate surface area is 127 Å². The Morgan fingerprint density at radius 1 is 1.18 bits per heavy atom. The summed E-state index contributed by atoms with van der Waals surface area (Å²) >= 11 is 0. The first-order valence-electron chi connectivity index (χ1n) is 6.67. The highest BCUT2D eigenvalue weighted by atomic mass is 16.5. The summed E-state index contributed by atoms with van der Waals surface area (Å²) in [6.07, 6.45) is 0. The molecule has 2 rings (SSSR count). The van der Waals surface area contributed by atoms with E-state index < -0.39 is 11.5 Å². The van der Waals surface area contributed by atoms with Crippen molar-refractivity contribution in [2.24, 2.45) is 0 Å². The maximum Gasteiger partial charge on any atom is 0.343 e. The average Bonchev–Trinajstić information content (AvgIpc) is 2.53. The summed E-state index contributed by atoms with van der Waals surface area (Å²) in [5.74, 6) is -1.15. The number of amides is 1. The molecule has 1 aromatic heterocycles. The third-order valence-corrected chi connectivity index (χ3v) is 3.18. The largest absolute Gasteiger partial charge is 0.465 e. The molecule has 0 saturated carbocycles. The number of pyridine rings is 1. The van der Waals surface area contributed by atoms with Crippen LogP contribution in [0, 0.1) is 6.92 Å². The molecule has 0 atom stereocenters. The number of aryl methyl sites for hydroxylation is 1. The Bertz CT molecular complexity index is 750. The van der Waals surface area contributed by atoms with Crippen molar-refractivity contribution in [3.63, 3.8) is 0 Å². The lowest BCUT2D eigenvalue weighted by atomic mass is 10.1. The van der Waals surface area contributed by atoms with Crippen LogP contribution in [0.15, 0.2) is 41.2 Å². The highest BCUT2D eigenvalue weighted by Crippen LogP contribution is 2.07. The van der Waals surface area contributed by atoms with Crippen molar-refractivity contribution in [1.29, 1.82) is 0 Å². The van der Waals surface area contributed by atoms with Gasteiger partial charge in [0.1, 0.15) is 5.56 Å². The smallest absolute Gasteiger partial charge is 0.343 e. The van der Waals surface area contributed by atoms with Crippen molar-refractivity contribution in [3.05, 3.63) is 69.1 Å². The lowest BCUT2D eigenvalue weighted by Gasteiger charge is -2.09. The molecule has 2 aromatic rings. The van der Waals surface area contributed by atoms with Crippen LogP contribution >= 0.6 is 0 Å². The van der Waals surface area contributed by atoms with Crippen LogP contribution in [0.3, 0.4) is 0 Å². The first kappa shape index (κ1) is 15.5. The first-order chi connectivity index (χ1) is 10.5. The fourth-order valence-corrected chi connectivity index (χ4v) is 1.99. The van der Waals surface area contributed by atoms with Gasteiger partial charge < -0.3 is 15.0 Å². The molecule has 0 radical (unpaired) electrons. The zero-order valence-electron chi connectivity index (χ0n) is 12.3. The van der Waals surface area contributed by atoms with Crippen LogP contribution < -0.4 is 10.9 Å². The van der Waals surface area contributed by atoms with E-state index in [-0.39, 0.29) is 17.0 Å². The number of H-pyrrole nitrogens is 1. The number of methoxy groups -OCH3 is 1. The molecule has 0 aliphatic rings. The summed E-state index contributed by atoms with van der Waals surface area (Å²) in [7, 11) is 1.18. The van der Waals surface area contributed by atoms with Gasteiger partial charge in [0.15, 0.2) is 0 Å².